The van der Waals surface area contributed by atoms with E-state index in [1.807, 2.05) is 6.07 Å². The molecule has 0 radical (unpaired) electrons. The van der Waals surface area contributed by atoms with E-state index in [1.165, 1.54) is 4.90 Å². The predicted octanol–water partition coefficient (Wildman–Crippen LogP) is 1.21. The monoisotopic (exact) mass is 306 g/mol. The average molecular weight is 306 g/mol. The van der Waals surface area contributed by atoms with E-state index in [9.17, 15) is 10.1 Å². The normalized spacial score (nSPS) is 10.2. The summed E-state index contributed by atoms with van der Waals surface area (Å²) in [6.45, 7) is 1.97. The van der Waals surface area contributed by atoms with Crippen molar-refractivity contribution in [3.05, 3.63) is 22.2 Å². The third-order valence-corrected chi connectivity index (χ3v) is 3.79. The first-order valence-electron chi connectivity index (χ1n) is 6.01. The van der Waals surface area contributed by atoms with Crippen molar-refractivity contribution in [1.29, 1.82) is 5.26 Å². The van der Waals surface area contributed by atoms with Crippen molar-refractivity contribution in [1.82, 2.24) is 15.0 Å². The summed E-state index contributed by atoms with van der Waals surface area (Å²) < 4.78 is 4.86. The summed E-state index contributed by atoms with van der Waals surface area (Å²) in [5, 5.41) is 16.5. The Hall–Kier alpha value is -2.60. The minimum absolute atomic E-state index is 0.188. The molecule has 0 aromatic carbocycles. The zero-order valence-corrected chi connectivity index (χ0v) is 12.6. The van der Waals surface area contributed by atoms with Gasteiger partial charge in [-0.3, -0.25) is 4.79 Å². The number of nitrogens with zero attached hydrogens (tertiary/aromatic N) is 4. The van der Waals surface area contributed by atoms with Gasteiger partial charge < -0.3 is 20.5 Å². The molecule has 2 rings (SSSR count). The Labute approximate surface area is 125 Å². The van der Waals surface area contributed by atoms with Crippen molar-refractivity contribution in [2.24, 2.45) is 0 Å². The van der Waals surface area contributed by atoms with E-state index in [0.29, 0.717) is 21.6 Å². The smallest absolute Gasteiger partial charge is 0.265 e. The second kappa shape index (κ2) is 5.80. The van der Waals surface area contributed by atoms with Crippen LogP contribution in [0.5, 0.6) is 0 Å². The number of aryl methyl sites for hydroxylation is 1. The number of nitriles is 1. The van der Waals surface area contributed by atoms with Crippen molar-refractivity contribution in [3.63, 3.8) is 0 Å². The van der Waals surface area contributed by atoms with Crippen molar-refractivity contribution in [3.8, 4) is 6.07 Å². The van der Waals surface area contributed by atoms with Crippen LogP contribution in [0, 0.1) is 18.3 Å². The molecule has 0 saturated heterocycles. The number of thiophene rings is 1. The van der Waals surface area contributed by atoms with Crippen molar-refractivity contribution < 1.29 is 9.32 Å². The molecule has 0 unspecified atom stereocenters. The van der Waals surface area contributed by atoms with E-state index in [-0.39, 0.29) is 23.7 Å². The van der Waals surface area contributed by atoms with Gasteiger partial charge in [-0.2, -0.15) is 10.2 Å². The highest BCUT2D eigenvalue weighted by atomic mass is 32.1. The molecule has 0 atom stereocenters. The molecule has 0 aliphatic rings. The molecule has 3 N–H and O–H groups in total. The van der Waals surface area contributed by atoms with Crippen LogP contribution in [-0.4, -0.2) is 35.0 Å². The predicted molar refractivity (Wildman–Crippen MR) is 77.8 cm³/mol. The molecule has 2 heterocycles. The molecule has 21 heavy (non-hydrogen) atoms. The molecule has 8 nitrogen and oxygen atoms in total. The molecule has 0 fully saturated rings. The Bertz CT molecular complexity index is 712. The summed E-state index contributed by atoms with van der Waals surface area (Å²) in [4.78, 5) is 17.8. The Morgan fingerprint density at radius 1 is 1.57 bits per heavy atom. The summed E-state index contributed by atoms with van der Waals surface area (Å²) in [5.41, 5.74) is 6.32. The third kappa shape index (κ3) is 2.95. The average Bonchev–Trinajstić information content (AvgIpc) is 2.99. The van der Waals surface area contributed by atoms with Gasteiger partial charge in [0.2, 0.25) is 5.89 Å². The minimum atomic E-state index is -0.238. The van der Waals surface area contributed by atoms with E-state index in [2.05, 4.69) is 15.5 Å². The van der Waals surface area contributed by atoms with Crippen LogP contribution in [0.3, 0.4) is 0 Å². The topological polar surface area (TPSA) is 121 Å². The standard InChI is InChI=1S/C12H14N6O2S/c1-6-16-8(17-20-6)5-15-11-7(4-13)9(14)10(21-11)12(19)18(2)3/h15H,5,14H2,1-3H3. The molecule has 0 aliphatic heterocycles. The maximum absolute atomic E-state index is 12.0. The van der Waals surface area contributed by atoms with Gasteiger partial charge in [-0.25, -0.2) is 0 Å². The van der Waals surface area contributed by atoms with Crippen LogP contribution in [0.2, 0.25) is 0 Å². The number of carbonyl (C=O) groups is 1. The highest BCUT2D eigenvalue weighted by Gasteiger charge is 2.22. The summed E-state index contributed by atoms with van der Waals surface area (Å²) in [6.07, 6.45) is 0. The molecule has 0 aliphatic carbocycles. The second-order valence-electron chi connectivity index (χ2n) is 4.44. The molecular weight excluding hydrogens is 292 g/mol. The van der Waals surface area contributed by atoms with Crippen LogP contribution >= 0.6 is 11.3 Å². The third-order valence-electron chi connectivity index (χ3n) is 2.63. The lowest BCUT2D eigenvalue weighted by molar-refractivity contribution is 0.0833. The van der Waals surface area contributed by atoms with Crippen molar-refractivity contribution in [2.75, 3.05) is 25.1 Å². The van der Waals surface area contributed by atoms with E-state index >= 15 is 0 Å². The lowest BCUT2D eigenvalue weighted by Gasteiger charge is -2.08. The van der Waals surface area contributed by atoms with Crippen LogP contribution < -0.4 is 11.1 Å². The maximum Gasteiger partial charge on any atom is 0.265 e. The molecular formula is C12H14N6O2S. The number of hydrogen-bond acceptors (Lipinski definition) is 8. The Morgan fingerprint density at radius 2 is 2.29 bits per heavy atom. The lowest BCUT2D eigenvalue weighted by Crippen LogP contribution is -2.21. The number of nitrogens with two attached hydrogens (primary N) is 1. The maximum atomic E-state index is 12.0. The molecule has 110 valence electrons. The summed E-state index contributed by atoms with van der Waals surface area (Å²) in [5.74, 6) is 0.683. The Balaban J connectivity index is 2.25. The zero-order valence-electron chi connectivity index (χ0n) is 11.8. The van der Waals surface area contributed by atoms with Gasteiger partial charge in [0.25, 0.3) is 5.91 Å². The van der Waals surface area contributed by atoms with Gasteiger partial charge >= 0.3 is 0 Å². The number of amides is 1. The van der Waals surface area contributed by atoms with E-state index < -0.39 is 0 Å². The van der Waals surface area contributed by atoms with E-state index in [0.717, 1.165) is 11.3 Å². The first-order chi connectivity index (χ1) is 9.93. The molecule has 2 aromatic heterocycles. The Kier molecular flexibility index (Phi) is 4.09. The van der Waals surface area contributed by atoms with Gasteiger partial charge in [0.05, 0.1) is 12.2 Å². The quantitative estimate of drug-likeness (QED) is 0.870. The largest absolute Gasteiger partial charge is 0.396 e. The van der Waals surface area contributed by atoms with Crippen molar-refractivity contribution in [2.45, 2.75) is 13.5 Å². The Morgan fingerprint density at radius 3 is 2.81 bits per heavy atom. The summed E-state index contributed by atoms with van der Waals surface area (Å²) in [6, 6.07) is 2.01. The van der Waals surface area contributed by atoms with Crippen LogP contribution in [0.4, 0.5) is 10.7 Å². The number of hydrogen-bond donors (Lipinski definition) is 2. The van der Waals surface area contributed by atoms with Crippen LogP contribution in [-0.2, 0) is 6.54 Å². The number of rotatable bonds is 4. The van der Waals surface area contributed by atoms with Gasteiger partial charge in [0.15, 0.2) is 5.82 Å². The van der Waals surface area contributed by atoms with E-state index in [4.69, 9.17) is 10.3 Å². The van der Waals surface area contributed by atoms with E-state index in [1.54, 1.807) is 21.0 Å². The SMILES string of the molecule is Cc1nc(CNc2sc(C(=O)N(C)C)c(N)c2C#N)no1. The number of aromatic nitrogens is 2. The van der Waals surface area contributed by atoms with Gasteiger partial charge in [-0.05, 0) is 0 Å². The van der Waals surface area contributed by atoms with Crippen molar-refractivity contribution >= 4 is 27.9 Å². The summed E-state index contributed by atoms with van der Waals surface area (Å²) >= 11 is 1.14. The van der Waals surface area contributed by atoms with Gasteiger partial charge in [0.1, 0.15) is 21.5 Å². The molecule has 9 heteroatoms. The molecule has 2 aromatic rings. The van der Waals surface area contributed by atoms with Crippen LogP contribution in [0.1, 0.15) is 27.0 Å². The molecule has 0 bridgehead atoms. The van der Waals surface area contributed by atoms with Gasteiger partial charge in [0, 0.05) is 21.0 Å². The minimum Gasteiger partial charge on any atom is -0.396 e. The fourth-order valence-electron chi connectivity index (χ4n) is 1.61. The van der Waals surface area contributed by atoms with Crippen LogP contribution in [0.25, 0.3) is 0 Å². The zero-order chi connectivity index (χ0) is 15.6. The molecule has 0 saturated carbocycles. The van der Waals surface area contributed by atoms with Gasteiger partial charge in [-0.1, -0.05) is 5.16 Å². The fraction of sp³-hybridized carbons (Fsp3) is 0.333. The van der Waals surface area contributed by atoms with Gasteiger partial charge in [-0.15, -0.1) is 11.3 Å². The highest BCUT2D eigenvalue weighted by molar-refractivity contribution is 7.18. The number of nitrogen functional groups attached to an aromatic ring is 1. The first-order valence-corrected chi connectivity index (χ1v) is 6.82. The lowest BCUT2D eigenvalue weighted by atomic mass is 10.2. The van der Waals surface area contributed by atoms with Crippen LogP contribution in [0.15, 0.2) is 4.52 Å². The first kappa shape index (κ1) is 14.8. The number of carbonyl (C=O) groups excluding carboxylic acids is 1. The highest BCUT2D eigenvalue weighted by Crippen LogP contribution is 2.35. The fourth-order valence-corrected chi connectivity index (χ4v) is 2.70. The number of nitrogens with one attached hydrogen (secondary N) is 1. The number of anilines is 2. The molecule has 0 spiro atoms. The molecule has 1 amide bonds. The second-order valence-corrected chi connectivity index (χ2v) is 5.46. The summed E-state index contributed by atoms with van der Waals surface area (Å²) in [7, 11) is 3.26.